The summed E-state index contributed by atoms with van der Waals surface area (Å²) in [5.74, 6) is 0. The molecule has 0 saturated carbocycles. The molecule has 78 valence electrons. The largest absolute Gasteiger partial charge is 0.378 e. The molecule has 0 bridgehead atoms. The zero-order valence-corrected chi connectivity index (χ0v) is 8.24. The van der Waals surface area contributed by atoms with Crippen LogP contribution < -0.4 is 10.6 Å². The third-order valence-electron chi connectivity index (χ3n) is 2.04. The van der Waals surface area contributed by atoms with Crippen molar-refractivity contribution >= 4 is 5.69 Å². The Hall–Kier alpha value is -1.16. The molecule has 1 unspecified atom stereocenters. The molecule has 0 radical (unpaired) electrons. The molecular formula is C10H14F2N2. The van der Waals surface area contributed by atoms with E-state index in [2.05, 4.69) is 0 Å². The van der Waals surface area contributed by atoms with Gasteiger partial charge in [0.25, 0.3) is 6.43 Å². The first kappa shape index (κ1) is 10.9. The molecule has 4 heteroatoms. The molecule has 2 N–H and O–H groups in total. The van der Waals surface area contributed by atoms with E-state index in [1.807, 2.05) is 25.1 Å². The molecule has 0 fully saturated rings. The van der Waals surface area contributed by atoms with E-state index in [9.17, 15) is 8.78 Å². The lowest BCUT2D eigenvalue weighted by atomic mass is 10.1. The van der Waals surface area contributed by atoms with Gasteiger partial charge < -0.3 is 10.6 Å². The maximum absolute atomic E-state index is 12.3. The molecule has 0 heterocycles. The SMILES string of the molecule is CN(C)c1cccc(C(N)C(F)F)c1. The second-order valence-corrected chi connectivity index (χ2v) is 3.35. The maximum Gasteiger partial charge on any atom is 0.257 e. The average Bonchev–Trinajstić information content (AvgIpc) is 2.16. The fourth-order valence-corrected chi connectivity index (χ4v) is 1.16. The van der Waals surface area contributed by atoms with Gasteiger partial charge in [-0.2, -0.15) is 0 Å². The predicted octanol–water partition coefficient (Wildman–Crippen LogP) is 2.02. The van der Waals surface area contributed by atoms with Crippen LogP contribution in [0.5, 0.6) is 0 Å². The van der Waals surface area contributed by atoms with Gasteiger partial charge in [0.05, 0.1) is 6.04 Å². The van der Waals surface area contributed by atoms with E-state index in [1.54, 1.807) is 18.2 Å². The van der Waals surface area contributed by atoms with Gasteiger partial charge in [-0.3, -0.25) is 0 Å². The van der Waals surface area contributed by atoms with Crippen molar-refractivity contribution in [3.63, 3.8) is 0 Å². The summed E-state index contributed by atoms with van der Waals surface area (Å²) in [6.45, 7) is 0. The highest BCUT2D eigenvalue weighted by atomic mass is 19.3. The van der Waals surface area contributed by atoms with Gasteiger partial charge in [-0.25, -0.2) is 8.78 Å². The van der Waals surface area contributed by atoms with Crippen molar-refractivity contribution in [3.05, 3.63) is 29.8 Å². The van der Waals surface area contributed by atoms with Crippen LogP contribution in [0.1, 0.15) is 11.6 Å². The molecule has 0 aliphatic heterocycles. The second-order valence-electron chi connectivity index (χ2n) is 3.35. The van der Waals surface area contributed by atoms with Gasteiger partial charge in [0, 0.05) is 19.8 Å². The zero-order valence-electron chi connectivity index (χ0n) is 8.24. The first-order valence-corrected chi connectivity index (χ1v) is 4.33. The van der Waals surface area contributed by atoms with Gasteiger partial charge in [0.15, 0.2) is 0 Å². The Bertz CT molecular complexity index is 300. The van der Waals surface area contributed by atoms with E-state index < -0.39 is 12.5 Å². The van der Waals surface area contributed by atoms with Gasteiger partial charge in [-0.05, 0) is 17.7 Å². The summed E-state index contributed by atoms with van der Waals surface area (Å²) in [4.78, 5) is 1.85. The number of halogens is 2. The fourth-order valence-electron chi connectivity index (χ4n) is 1.16. The average molecular weight is 200 g/mol. The van der Waals surface area contributed by atoms with Gasteiger partial charge in [0.2, 0.25) is 0 Å². The molecule has 0 aromatic heterocycles. The number of hydrogen-bond acceptors (Lipinski definition) is 2. The Morgan fingerprint density at radius 1 is 1.29 bits per heavy atom. The smallest absolute Gasteiger partial charge is 0.257 e. The number of alkyl halides is 2. The third kappa shape index (κ3) is 2.42. The first-order chi connectivity index (χ1) is 6.52. The predicted molar refractivity (Wildman–Crippen MR) is 53.7 cm³/mol. The molecule has 0 saturated heterocycles. The summed E-state index contributed by atoms with van der Waals surface area (Å²) < 4.78 is 24.6. The molecule has 2 nitrogen and oxygen atoms in total. The van der Waals surface area contributed by atoms with Crippen molar-refractivity contribution in [3.8, 4) is 0 Å². The first-order valence-electron chi connectivity index (χ1n) is 4.33. The number of benzene rings is 1. The van der Waals surface area contributed by atoms with Crippen LogP contribution >= 0.6 is 0 Å². The van der Waals surface area contributed by atoms with Crippen LogP contribution in [0.4, 0.5) is 14.5 Å². The lowest BCUT2D eigenvalue weighted by Crippen LogP contribution is -2.19. The Balaban J connectivity index is 2.93. The summed E-state index contributed by atoms with van der Waals surface area (Å²) in [6, 6.07) is 5.67. The minimum atomic E-state index is -2.52. The molecule has 1 aromatic carbocycles. The Labute approximate surface area is 82.3 Å². The number of hydrogen-bond donors (Lipinski definition) is 1. The highest BCUT2D eigenvalue weighted by Gasteiger charge is 2.17. The summed E-state index contributed by atoms with van der Waals surface area (Å²) in [5.41, 5.74) is 6.68. The minimum Gasteiger partial charge on any atom is -0.378 e. The topological polar surface area (TPSA) is 29.3 Å². The third-order valence-corrected chi connectivity index (χ3v) is 2.04. The van der Waals surface area contributed by atoms with Crippen LogP contribution in [0, 0.1) is 0 Å². The van der Waals surface area contributed by atoms with E-state index >= 15 is 0 Å². The van der Waals surface area contributed by atoms with E-state index in [1.165, 1.54) is 0 Å². The fraction of sp³-hybridized carbons (Fsp3) is 0.400. The lowest BCUT2D eigenvalue weighted by Gasteiger charge is -2.16. The molecule has 1 aromatic rings. The summed E-state index contributed by atoms with van der Waals surface area (Å²) in [7, 11) is 3.71. The van der Waals surface area contributed by atoms with Gasteiger partial charge in [-0.1, -0.05) is 12.1 Å². The van der Waals surface area contributed by atoms with Crippen molar-refractivity contribution in [2.75, 3.05) is 19.0 Å². The summed E-state index contributed by atoms with van der Waals surface area (Å²) in [5, 5.41) is 0. The Kier molecular flexibility index (Phi) is 3.41. The molecule has 1 atom stereocenters. The second kappa shape index (κ2) is 4.37. The van der Waals surface area contributed by atoms with Crippen LogP contribution in [-0.4, -0.2) is 20.5 Å². The van der Waals surface area contributed by atoms with Crippen LogP contribution in [0.15, 0.2) is 24.3 Å². The van der Waals surface area contributed by atoms with Crippen LogP contribution in [0.3, 0.4) is 0 Å². The van der Waals surface area contributed by atoms with Crippen LogP contribution in [-0.2, 0) is 0 Å². The Morgan fingerprint density at radius 3 is 2.43 bits per heavy atom. The van der Waals surface area contributed by atoms with E-state index in [0.29, 0.717) is 5.56 Å². The molecule has 0 aliphatic rings. The normalized spacial score (nSPS) is 13.0. The highest BCUT2D eigenvalue weighted by molar-refractivity contribution is 5.47. The van der Waals surface area contributed by atoms with Crippen LogP contribution in [0.2, 0.25) is 0 Å². The zero-order chi connectivity index (χ0) is 10.7. The Morgan fingerprint density at radius 2 is 1.93 bits per heavy atom. The standard InChI is InChI=1S/C10H14F2N2/c1-14(2)8-5-3-4-7(6-8)9(13)10(11)12/h3-6,9-10H,13H2,1-2H3. The summed E-state index contributed by atoms with van der Waals surface area (Å²) in [6.07, 6.45) is -2.52. The number of rotatable bonds is 3. The van der Waals surface area contributed by atoms with E-state index in [0.717, 1.165) is 5.69 Å². The van der Waals surface area contributed by atoms with Crippen molar-refractivity contribution in [2.45, 2.75) is 12.5 Å². The van der Waals surface area contributed by atoms with Gasteiger partial charge >= 0.3 is 0 Å². The van der Waals surface area contributed by atoms with Crippen molar-refractivity contribution in [2.24, 2.45) is 5.73 Å². The van der Waals surface area contributed by atoms with Crippen molar-refractivity contribution < 1.29 is 8.78 Å². The highest BCUT2D eigenvalue weighted by Crippen LogP contribution is 2.21. The lowest BCUT2D eigenvalue weighted by molar-refractivity contribution is 0.116. The van der Waals surface area contributed by atoms with E-state index in [-0.39, 0.29) is 0 Å². The molecule has 14 heavy (non-hydrogen) atoms. The molecule has 0 amide bonds. The molecule has 0 spiro atoms. The molecule has 0 aliphatic carbocycles. The van der Waals surface area contributed by atoms with E-state index in [4.69, 9.17) is 5.73 Å². The summed E-state index contributed by atoms with van der Waals surface area (Å²) >= 11 is 0. The number of anilines is 1. The molecule has 1 rings (SSSR count). The van der Waals surface area contributed by atoms with Crippen LogP contribution in [0.25, 0.3) is 0 Å². The molecular weight excluding hydrogens is 186 g/mol. The monoisotopic (exact) mass is 200 g/mol. The van der Waals surface area contributed by atoms with Crippen molar-refractivity contribution in [1.29, 1.82) is 0 Å². The number of nitrogens with two attached hydrogens (primary N) is 1. The quantitative estimate of drug-likeness (QED) is 0.808. The van der Waals surface area contributed by atoms with Gasteiger partial charge in [-0.15, -0.1) is 0 Å². The van der Waals surface area contributed by atoms with Gasteiger partial charge in [0.1, 0.15) is 0 Å². The van der Waals surface area contributed by atoms with Crippen molar-refractivity contribution in [1.82, 2.24) is 0 Å². The maximum atomic E-state index is 12.3. The number of nitrogens with zero attached hydrogens (tertiary/aromatic N) is 1. The minimum absolute atomic E-state index is 0.464.